The van der Waals surface area contributed by atoms with Gasteiger partial charge in [0, 0.05) is 37.6 Å². The molecule has 1 aromatic carbocycles. The molecule has 0 saturated carbocycles. The molecule has 1 atom stereocenters. The Morgan fingerprint density at radius 3 is 2.84 bits per heavy atom. The quantitative estimate of drug-likeness (QED) is 0.259. The highest BCUT2D eigenvalue weighted by Crippen LogP contribution is 2.23. The number of hydrogen-bond acceptors (Lipinski definition) is 6. The molecule has 0 spiro atoms. The number of aryl methyl sites for hydroxylation is 1. The molecule has 32 heavy (non-hydrogen) atoms. The van der Waals surface area contributed by atoms with Crippen molar-refractivity contribution in [3.8, 4) is 5.75 Å². The van der Waals surface area contributed by atoms with Crippen molar-refractivity contribution in [2.75, 3.05) is 26.3 Å². The predicted octanol–water partition coefficient (Wildman–Crippen LogP) is 3.98. The number of benzene rings is 1. The van der Waals surface area contributed by atoms with Crippen molar-refractivity contribution in [1.82, 2.24) is 20.8 Å². The number of nitrogens with zero attached hydrogens (tertiary/aromatic N) is 3. The van der Waals surface area contributed by atoms with E-state index < -0.39 is 0 Å². The smallest absolute Gasteiger partial charge is 0.228 e. The summed E-state index contributed by atoms with van der Waals surface area (Å²) in [5, 5.41) is 10.6. The van der Waals surface area contributed by atoms with Gasteiger partial charge in [-0.05, 0) is 38.3 Å². The fraction of sp³-hybridized carbons (Fsp3) is 0.609. The Balaban J connectivity index is 0.00000363. The molecule has 0 aliphatic carbocycles. The summed E-state index contributed by atoms with van der Waals surface area (Å²) < 4.78 is 17.1. The Bertz CT molecular complexity index is 850. The van der Waals surface area contributed by atoms with Gasteiger partial charge in [0.25, 0.3) is 0 Å². The Hall–Kier alpha value is -1.88. The van der Waals surface area contributed by atoms with Gasteiger partial charge in [-0.15, -0.1) is 24.0 Å². The Kier molecular flexibility index (Phi) is 11.2. The van der Waals surface area contributed by atoms with E-state index in [-0.39, 0.29) is 36.0 Å². The van der Waals surface area contributed by atoms with E-state index in [1.807, 2.05) is 20.8 Å². The summed E-state index contributed by atoms with van der Waals surface area (Å²) in [6.07, 6.45) is 3.01. The number of nitrogens with one attached hydrogen (secondary N) is 2. The van der Waals surface area contributed by atoms with E-state index >= 15 is 0 Å². The molecule has 178 valence electrons. The molecule has 3 rings (SSSR count). The van der Waals surface area contributed by atoms with E-state index in [1.165, 1.54) is 5.56 Å². The molecule has 1 fully saturated rings. The van der Waals surface area contributed by atoms with E-state index in [0.29, 0.717) is 32.0 Å². The number of hydrogen-bond donors (Lipinski definition) is 2. The number of ether oxygens (including phenoxy) is 2. The van der Waals surface area contributed by atoms with Crippen molar-refractivity contribution in [3.05, 3.63) is 41.0 Å². The third-order valence-electron chi connectivity index (χ3n) is 5.05. The Morgan fingerprint density at radius 1 is 1.31 bits per heavy atom. The van der Waals surface area contributed by atoms with E-state index in [9.17, 15) is 0 Å². The first-order valence-electron chi connectivity index (χ1n) is 11.2. The molecule has 2 heterocycles. The molecular weight excluding hydrogens is 521 g/mol. The minimum Gasteiger partial charge on any atom is -0.491 e. The molecule has 1 aliphatic heterocycles. The van der Waals surface area contributed by atoms with E-state index in [0.717, 1.165) is 49.1 Å². The highest BCUT2D eigenvalue weighted by Gasteiger charge is 2.17. The maximum absolute atomic E-state index is 6.09. The van der Waals surface area contributed by atoms with Crippen LogP contribution in [0.1, 0.15) is 62.4 Å². The van der Waals surface area contributed by atoms with Crippen molar-refractivity contribution in [2.24, 2.45) is 4.99 Å². The van der Waals surface area contributed by atoms with Gasteiger partial charge < -0.3 is 24.6 Å². The predicted molar refractivity (Wildman–Crippen MR) is 136 cm³/mol. The first-order valence-corrected chi connectivity index (χ1v) is 11.2. The van der Waals surface area contributed by atoms with Crippen LogP contribution in [0, 0.1) is 6.92 Å². The van der Waals surface area contributed by atoms with Gasteiger partial charge in [0.1, 0.15) is 12.4 Å². The zero-order chi connectivity index (χ0) is 22.1. The lowest BCUT2D eigenvalue weighted by atomic mass is 10.1. The van der Waals surface area contributed by atoms with Gasteiger partial charge in [0.05, 0.1) is 12.6 Å². The summed E-state index contributed by atoms with van der Waals surface area (Å²) in [7, 11) is 0. The first-order chi connectivity index (χ1) is 15.0. The van der Waals surface area contributed by atoms with Crippen molar-refractivity contribution < 1.29 is 14.0 Å². The number of aliphatic imine (C=N–C) groups is 1. The number of rotatable bonds is 10. The van der Waals surface area contributed by atoms with Crippen LogP contribution in [0.4, 0.5) is 0 Å². The average Bonchev–Trinajstić information content (AvgIpc) is 3.43. The van der Waals surface area contributed by atoms with Crippen molar-refractivity contribution in [3.63, 3.8) is 0 Å². The highest BCUT2D eigenvalue weighted by molar-refractivity contribution is 14.0. The summed E-state index contributed by atoms with van der Waals surface area (Å²) in [6, 6.07) is 6.24. The fourth-order valence-electron chi connectivity index (χ4n) is 3.28. The van der Waals surface area contributed by atoms with Gasteiger partial charge in [-0.2, -0.15) is 4.98 Å². The molecule has 0 amide bonds. The van der Waals surface area contributed by atoms with Crippen molar-refractivity contribution >= 4 is 29.9 Å². The molecule has 2 N–H and O–H groups in total. The van der Waals surface area contributed by atoms with Crippen LogP contribution in [0.5, 0.6) is 5.75 Å². The highest BCUT2D eigenvalue weighted by atomic mass is 127. The topological polar surface area (TPSA) is 93.8 Å². The van der Waals surface area contributed by atoms with Gasteiger partial charge in [-0.25, -0.2) is 4.99 Å². The zero-order valence-electron chi connectivity index (χ0n) is 19.5. The van der Waals surface area contributed by atoms with Gasteiger partial charge >= 0.3 is 0 Å². The Morgan fingerprint density at radius 2 is 2.16 bits per heavy atom. The van der Waals surface area contributed by atoms with Crippen LogP contribution in [0.15, 0.2) is 27.7 Å². The fourth-order valence-corrected chi connectivity index (χ4v) is 3.28. The average molecular weight is 557 g/mol. The van der Waals surface area contributed by atoms with Crippen molar-refractivity contribution in [1.29, 1.82) is 0 Å². The lowest BCUT2D eigenvalue weighted by Crippen LogP contribution is -2.38. The number of halogens is 1. The number of aromatic nitrogens is 2. The van der Waals surface area contributed by atoms with Crippen LogP contribution in [-0.4, -0.2) is 48.5 Å². The van der Waals surface area contributed by atoms with Gasteiger partial charge in [0.2, 0.25) is 5.89 Å². The minimum absolute atomic E-state index is 0. The van der Waals surface area contributed by atoms with Crippen LogP contribution >= 0.6 is 24.0 Å². The summed E-state index contributed by atoms with van der Waals surface area (Å²) in [5.41, 5.74) is 2.22. The van der Waals surface area contributed by atoms with Crippen LogP contribution in [0.2, 0.25) is 0 Å². The zero-order valence-corrected chi connectivity index (χ0v) is 21.8. The first kappa shape index (κ1) is 26.4. The van der Waals surface area contributed by atoms with E-state index in [1.54, 1.807) is 0 Å². The summed E-state index contributed by atoms with van der Waals surface area (Å²) >= 11 is 0. The molecule has 1 aromatic heterocycles. The molecule has 0 radical (unpaired) electrons. The monoisotopic (exact) mass is 557 g/mol. The normalized spacial score (nSPS) is 16.2. The molecule has 1 unspecified atom stereocenters. The third-order valence-corrected chi connectivity index (χ3v) is 5.05. The molecule has 9 heteroatoms. The van der Waals surface area contributed by atoms with Crippen LogP contribution < -0.4 is 15.4 Å². The summed E-state index contributed by atoms with van der Waals surface area (Å²) in [5.74, 6) is 3.26. The van der Waals surface area contributed by atoms with Gasteiger partial charge in [0.15, 0.2) is 11.8 Å². The van der Waals surface area contributed by atoms with Crippen molar-refractivity contribution in [2.45, 2.75) is 65.5 Å². The van der Waals surface area contributed by atoms with Gasteiger partial charge in [-0.1, -0.05) is 31.1 Å². The number of guanidine groups is 1. The molecule has 1 aliphatic rings. The van der Waals surface area contributed by atoms with Gasteiger partial charge in [-0.3, -0.25) is 0 Å². The lowest BCUT2D eigenvalue weighted by Gasteiger charge is -2.15. The summed E-state index contributed by atoms with van der Waals surface area (Å²) in [4.78, 5) is 9.15. The standard InChI is InChI=1S/C23H35N5O3.HI/c1-5-24-23(25-11-10-21-27-22(16(2)3)28-31-21)26-14-18-9-8-17(4)13-20(18)30-15-19-7-6-12-29-19;/h8-9,13,16,19H,5-7,10-12,14-15H2,1-4H3,(H2,24,25,26);1H. The molecule has 8 nitrogen and oxygen atoms in total. The second kappa shape index (κ2) is 13.6. The minimum atomic E-state index is 0. The SMILES string of the molecule is CCNC(=NCc1ccc(C)cc1OCC1CCCO1)NCCc1nc(C(C)C)no1.I. The molecule has 0 bridgehead atoms. The second-order valence-corrected chi connectivity index (χ2v) is 8.13. The largest absolute Gasteiger partial charge is 0.491 e. The lowest BCUT2D eigenvalue weighted by molar-refractivity contribution is 0.0676. The van der Waals surface area contributed by atoms with Crippen LogP contribution in [0.3, 0.4) is 0 Å². The summed E-state index contributed by atoms with van der Waals surface area (Å²) in [6.45, 7) is 11.6. The second-order valence-electron chi connectivity index (χ2n) is 8.13. The molecule has 1 saturated heterocycles. The van der Waals surface area contributed by atoms with Crippen LogP contribution in [0.25, 0.3) is 0 Å². The van der Waals surface area contributed by atoms with E-state index in [2.05, 4.69) is 45.9 Å². The van der Waals surface area contributed by atoms with Crippen LogP contribution in [-0.2, 0) is 17.7 Å². The third kappa shape index (κ3) is 8.23. The molecular formula is C23H36IN5O3. The maximum Gasteiger partial charge on any atom is 0.228 e. The van der Waals surface area contributed by atoms with E-state index in [4.69, 9.17) is 19.0 Å². The molecule has 2 aromatic rings. The Labute approximate surface area is 208 Å². The maximum atomic E-state index is 6.09.